The van der Waals surface area contributed by atoms with Crippen molar-refractivity contribution >= 4 is 17.7 Å². The van der Waals surface area contributed by atoms with Gasteiger partial charge in [-0.25, -0.2) is 14.2 Å². The third kappa shape index (κ3) is 5.64. The van der Waals surface area contributed by atoms with E-state index in [4.69, 9.17) is 24.0 Å². The molecule has 250 valence electrons. The van der Waals surface area contributed by atoms with Crippen LogP contribution < -0.4 is 9.64 Å². The number of carbonyl (C=O) groups is 2. The van der Waals surface area contributed by atoms with Crippen LogP contribution >= 0.6 is 0 Å². The van der Waals surface area contributed by atoms with Gasteiger partial charge in [-0.3, -0.25) is 14.6 Å². The normalized spacial score (nSPS) is 28.4. The Morgan fingerprint density at radius 1 is 1.11 bits per heavy atom. The molecule has 7 rings (SSSR count). The highest BCUT2D eigenvalue weighted by atomic mass is 19.1. The number of hydrogen-bond acceptors (Lipinski definition) is 10. The maximum absolute atomic E-state index is 14.3. The Balaban J connectivity index is 1.22. The molecule has 0 unspecified atom stereocenters. The van der Waals surface area contributed by atoms with Gasteiger partial charge in [-0.2, -0.15) is 4.98 Å². The minimum absolute atomic E-state index is 0.0824. The maximum Gasteiger partial charge on any atom is 0.410 e. The van der Waals surface area contributed by atoms with E-state index in [2.05, 4.69) is 10.1 Å². The molecule has 12 heteroatoms. The molecule has 46 heavy (non-hydrogen) atoms. The third-order valence-corrected chi connectivity index (χ3v) is 10.8. The van der Waals surface area contributed by atoms with E-state index < -0.39 is 17.2 Å². The summed E-state index contributed by atoms with van der Waals surface area (Å²) in [7, 11) is 1.92. The molecular weight excluding hydrogens is 591 g/mol. The van der Waals surface area contributed by atoms with Crippen LogP contribution in [-0.4, -0.2) is 99.5 Å². The smallest absolute Gasteiger partial charge is 0.410 e. The van der Waals surface area contributed by atoms with Crippen LogP contribution in [0.3, 0.4) is 0 Å². The van der Waals surface area contributed by atoms with E-state index in [1.54, 1.807) is 0 Å². The lowest BCUT2D eigenvalue weighted by Crippen LogP contribution is -2.58. The summed E-state index contributed by atoms with van der Waals surface area (Å²) in [6, 6.07) is 1.76. The lowest BCUT2D eigenvalue weighted by molar-refractivity contribution is -0.128. The quantitative estimate of drug-likeness (QED) is 0.430. The average molecular weight is 639 g/mol. The van der Waals surface area contributed by atoms with Crippen LogP contribution in [0.5, 0.6) is 5.88 Å². The van der Waals surface area contributed by atoms with E-state index in [-0.39, 0.29) is 29.6 Å². The van der Waals surface area contributed by atoms with Crippen LogP contribution in [0.25, 0.3) is 11.5 Å². The number of nitrogens with zero attached hydrogens (tertiary/aromatic N) is 6. The van der Waals surface area contributed by atoms with Crippen molar-refractivity contribution in [3.63, 3.8) is 0 Å². The number of fused-ring (bicyclic) bond motifs is 2. The molecule has 0 bridgehead atoms. The number of likely N-dealkylation sites (N-methyl/N-ethyl adjacent to an activating group) is 1. The maximum atomic E-state index is 14.3. The van der Waals surface area contributed by atoms with Gasteiger partial charge in [0, 0.05) is 50.3 Å². The van der Waals surface area contributed by atoms with Crippen LogP contribution in [-0.2, 0) is 21.4 Å². The van der Waals surface area contributed by atoms with Gasteiger partial charge in [0.2, 0.25) is 5.88 Å². The molecule has 0 aromatic carbocycles. The molecule has 3 aliphatic carbocycles. The molecule has 4 heterocycles. The summed E-state index contributed by atoms with van der Waals surface area (Å²) in [5.41, 5.74) is 0.00392. The van der Waals surface area contributed by atoms with E-state index >= 15 is 0 Å². The summed E-state index contributed by atoms with van der Waals surface area (Å²) < 4.78 is 32.5. The van der Waals surface area contributed by atoms with Gasteiger partial charge in [0.1, 0.15) is 29.5 Å². The first-order chi connectivity index (χ1) is 21.9. The minimum atomic E-state index is -0.884. The molecule has 11 nitrogen and oxygen atoms in total. The van der Waals surface area contributed by atoms with Gasteiger partial charge in [-0.1, -0.05) is 11.6 Å². The Morgan fingerprint density at radius 2 is 1.89 bits per heavy atom. The first-order valence-corrected chi connectivity index (χ1v) is 17.1. The van der Waals surface area contributed by atoms with Gasteiger partial charge in [0.15, 0.2) is 17.3 Å². The van der Waals surface area contributed by atoms with Crippen LogP contribution in [0.15, 0.2) is 10.6 Å². The number of ether oxygens (including phenoxy) is 2. The van der Waals surface area contributed by atoms with E-state index in [0.29, 0.717) is 68.0 Å². The number of hydrogen-bond donors (Lipinski definition) is 0. The number of Topliss-reactive ketones (excluding diaryl/α,β-unsaturated/α-hetero) is 1. The Labute approximate surface area is 270 Å². The molecule has 4 fully saturated rings. The number of halogens is 1. The van der Waals surface area contributed by atoms with Crippen molar-refractivity contribution in [3.8, 4) is 17.4 Å². The SMILES string of the molecule is C[C@H](Oc1cc(N2CCN(C(=O)OC(C)(C)C)C3(CC3)C2)nc(-c2noc3c2CCC[C@@]32CCCCC2=O)n1)[C@@H]1C[C@@H](F)CN1C. The second-order valence-electron chi connectivity index (χ2n) is 15.2. The molecule has 5 aliphatic rings. The number of aromatic nitrogens is 3. The van der Waals surface area contributed by atoms with Crippen molar-refractivity contribution in [1.82, 2.24) is 24.9 Å². The van der Waals surface area contributed by atoms with Gasteiger partial charge >= 0.3 is 6.09 Å². The zero-order valence-electron chi connectivity index (χ0n) is 27.8. The average Bonchev–Trinajstić information content (AvgIpc) is 3.44. The first kappa shape index (κ1) is 31.3. The number of rotatable bonds is 5. The highest BCUT2D eigenvalue weighted by Gasteiger charge is 2.55. The molecule has 0 radical (unpaired) electrons. The number of alkyl halides is 1. The molecule has 2 aliphatic heterocycles. The van der Waals surface area contributed by atoms with Gasteiger partial charge in [0.25, 0.3) is 0 Å². The van der Waals surface area contributed by atoms with Gasteiger partial charge in [-0.05, 0) is 86.1 Å². The number of carbonyl (C=O) groups excluding carboxylic acids is 2. The molecule has 2 saturated carbocycles. The third-order valence-electron chi connectivity index (χ3n) is 10.8. The van der Waals surface area contributed by atoms with Gasteiger partial charge < -0.3 is 18.9 Å². The summed E-state index contributed by atoms with van der Waals surface area (Å²) in [6.07, 6.45) is 6.40. The predicted molar refractivity (Wildman–Crippen MR) is 169 cm³/mol. The molecule has 1 amide bonds. The molecule has 4 atom stereocenters. The number of piperazine rings is 1. The summed E-state index contributed by atoms with van der Waals surface area (Å²) >= 11 is 0. The molecule has 2 aromatic heterocycles. The fraction of sp³-hybridized carbons (Fsp3) is 0.735. The van der Waals surface area contributed by atoms with Gasteiger partial charge in [-0.15, -0.1) is 0 Å². The molecule has 2 aromatic rings. The standard InChI is InChI=1S/C34H47FN6O5/c1-21(24-17-22(35)19-39(24)5)44-27-18-26(40-15-16-41(33(20-40)13-14-33)31(43)45-32(2,3)4)36-30(37-27)28-23-9-8-12-34(29(23)46-38-28)11-7-6-10-25(34)42/h18,21-22,24H,6-17,19-20H2,1-5H3/t21-,22+,24-,34+/m0/s1. The van der Waals surface area contributed by atoms with Crippen molar-refractivity contribution in [3.05, 3.63) is 17.4 Å². The molecule has 0 N–H and O–H groups in total. The van der Waals surface area contributed by atoms with Crippen LogP contribution in [0.4, 0.5) is 15.0 Å². The Hall–Kier alpha value is -3.28. The summed E-state index contributed by atoms with van der Waals surface area (Å²) in [5.74, 6) is 2.40. The Kier molecular flexibility index (Phi) is 7.80. The van der Waals surface area contributed by atoms with Crippen molar-refractivity contribution < 1.29 is 28.0 Å². The number of ketones is 1. The second-order valence-corrected chi connectivity index (χ2v) is 15.2. The van der Waals surface area contributed by atoms with Crippen molar-refractivity contribution in [2.75, 3.05) is 38.1 Å². The van der Waals surface area contributed by atoms with Crippen molar-refractivity contribution in [2.45, 2.75) is 127 Å². The van der Waals surface area contributed by atoms with Crippen LogP contribution in [0.1, 0.15) is 96.8 Å². The van der Waals surface area contributed by atoms with E-state index in [9.17, 15) is 14.0 Å². The van der Waals surface area contributed by atoms with Gasteiger partial charge in [0.05, 0.1) is 11.0 Å². The fourth-order valence-corrected chi connectivity index (χ4v) is 8.24. The Bertz CT molecular complexity index is 1500. The molecule has 2 spiro atoms. The summed E-state index contributed by atoms with van der Waals surface area (Å²) in [4.78, 5) is 42.4. The Morgan fingerprint density at radius 3 is 2.59 bits per heavy atom. The predicted octanol–water partition coefficient (Wildman–Crippen LogP) is 5.25. The van der Waals surface area contributed by atoms with E-state index in [1.807, 2.05) is 50.6 Å². The monoisotopic (exact) mass is 638 g/mol. The topological polar surface area (TPSA) is 114 Å². The van der Waals surface area contributed by atoms with E-state index in [1.165, 1.54) is 0 Å². The molecule has 2 saturated heterocycles. The first-order valence-electron chi connectivity index (χ1n) is 17.1. The van der Waals surface area contributed by atoms with Crippen LogP contribution in [0, 0.1) is 0 Å². The highest BCUT2D eigenvalue weighted by molar-refractivity contribution is 5.91. The van der Waals surface area contributed by atoms with Crippen molar-refractivity contribution in [2.24, 2.45) is 0 Å². The highest BCUT2D eigenvalue weighted by Crippen LogP contribution is 2.48. The van der Waals surface area contributed by atoms with Crippen LogP contribution in [0.2, 0.25) is 0 Å². The minimum Gasteiger partial charge on any atom is -0.473 e. The zero-order chi connectivity index (χ0) is 32.4. The fourth-order valence-electron chi connectivity index (χ4n) is 8.24. The summed E-state index contributed by atoms with van der Waals surface area (Å²) in [5, 5.41) is 4.51. The second kappa shape index (κ2) is 11.5. The van der Waals surface area contributed by atoms with Crippen molar-refractivity contribution in [1.29, 1.82) is 0 Å². The lowest BCUT2D eigenvalue weighted by Gasteiger charge is -2.42. The lowest BCUT2D eigenvalue weighted by atomic mass is 9.64. The number of amides is 1. The number of anilines is 1. The largest absolute Gasteiger partial charge is 0.473 e. The molecular formula is C34H47FN6O5. The van der Waals surface area contributed by atoms with E-state index in [0.717, 1.165) is 56.9 Å². The summed E-state index contributed by atoms with van der Waals surface area (Å²) in [6.45, 7) is 9.68. The zero-order valence-corrected chi connectivity index (χ0v) is 27.8. The number of likely N-dealkylation sites (tertiary alicyclic amines) is 1.